The number of pyridine rings is 1. The smallest absolute Gasteiger partial charge is 0.240 e. The molecule has 6 rings (SSSR count). The van der Waals surface area contributed by atoms with Crippen molar-refractivity contribution in [1.29, 1.82) is 0 Å². The Morgan fingerprint density at radius 3 is 2.63 bits per heavy atom. The predicted octanol–water partition coefficient (Wildman–Crippen LogP) is 3.49. The minimum Gasteiger partial charge on any atom is -0.497 e. The Hall–Kier alpha value is -4.31. The van der Waals surface area contributed by atoms with Crippen molar-refractivity contribution in [2.45, 2.75) is 50.1 Å². The number of fused-ring (bicyclic) bond motifs is 1. The SMILES string of the molecule is COc1ccc(C[C@@H]2C[C@@H](C(=O)CCc3ccc4c(c3)nnn4C)N(C(=O)[C@H]3CC(c4cnccc4OC)CN3)C2)cc1. The zero-order valence-electron chi connectivity index (χ0n) is 24.9. The van der Waals surface area contributed by atoms with E-state index in [1.807, 2.05) is 54.5 Å². The minimum atomic E-state index is -0.440. The van der Waals surface area contributed by atoms with Crippen LogP contribution in [0.25, 0.3) is 11.0 Å². The van der Waals surface area contributed by atoms with Crippen molar-refractivity contribution in [2.24, 2.45) is 13.0 Å². The lowest BCUT2D eigenvalue weighted by Crippen LogP contribution is -2.48. The number of likely N-dealkylation sites (tertiary alicyclic amines) is 1. The van der Waals surface area contributed by atoms with Gasteiger partial charge in [-0.15, -0.1) is 5.10 Å². The molecule has 0 spiro atoms. The first-order valence-electron chi connectivity index (χ1n) is 14.9. The quantitative estimate of drug-likeness (QED) is 0.303. The number of aryl methyl sites for hydroxylation is 2. The number of aromatic nitrogens is 4. The van der Waals surface area contributed by atoms with Crippen LogP contribution in [0.15, 0.2) is 60.9 Å². The van der Waals surface area contributed by atoms with E-state index in [9.17, 15) is 9.59 Å². The second-order valence-corrected chi connectivity index (χ2v) is 11.7. The number of methoxy groups -OCH3 is 2. The molecule has 224 valence electrons. The van der Waals surface area contributed by atoms with Gasteiger partial charge in [-0.25, -0.2) is 4.68 Å². The number of amides is 1. The van der Waals surface area contributed by atoms with Crippen molar-refractivity contribution in [3.63, 3.8) is 0 Å². The summed E-state index contributed by atoms with van der Waals surface area (Å²) in [5.41, 5.74) is 4.98. The molecule has 4 atom stereocenters. The van der Waals surface area contributed by atoms with E-state index in [0.29, 0.717) is 38.8 Å². The van der Waals surface area contributed by atoms with Gasteiger partial charge in [0, 0.05) is 50.4 Å². The molecular weight excluding hydrogens is 544 g/mol. The Morgan fingerprint density at radius 2 is 1.84 bits per heavy atom. The lowest BCUT2D eigenvalue weighted by Gasteiger charge is -2.27. The van der Waals surface area contributed by atoms with E-state index in [0.717, 1.165) is 40.1 Å². The Labute approximate surface area is 251 Å². The molecule has 1 unspecified atom stereocenters. The van der Waals surface area contributed by atoms with Gasteiger partial charge in [-0.1, -0.05) is 23.4 Å². The fraction of sp³-hybridized carbons (Fsp3) is 0.424. The average molecular weight is 583 g/mol. The van der Waals surface area contributed by atoms with Gasteiger partial charge < -0.3 is 19.7 Å². The molecule has 0 saturated carbocycles. The molecule has 2 saturated heterocycles. The maximum atomic E-state index is 14.0. The van der Waals surface area contributed by atoms with Crippen molar-refractivity contribution in [3.05, 3.63) is 77.6 Å². The number of Topliss-reactive ketones (excluding diaryl/α,β-unsaturated/α-hetero) is 1. The molecular formula is C33H38N6O4. The highest BCUT2D eigenvalue weighted by Gasteiger charge is 2.43. The van der Waals surface area contributed by atoms with Crippen molar-refractivity contribution >= 4 is 22.7 Å². The molecule has 4 aromatic rings. The van der Waals surface area contributed by atoms with Crippen LogP contribution in [0.2, 0.25) is 0 Å². The Morgan fingerprint density at radius 1 is 1.02 bits per heavy atom. The summed E-state index contributed by atoms with van der Waals surface area (Å²) in [4.78, 5) is 33.9. The predicted molar refractivity (Wildman–Crippen MR) is 162 cm³/mol. The number of hydrogen-bond acceptors (Lipinski definition) is 8. The van der Waals surface area contributed by atoms with E-state index >= 15 is 0 Å². The van der Waals surface area contributed by atoms with Gasteiger partial charge in [0.1, 0.15) is 17.0 Å². The van der Waals surface area contributed by atoms with E-state index in [1.165, 1.54) is 5.56 Å². The molecule has 1 amide bonds. The van der Waals surface area contributed by atoms with Gasteiger partial charge >= 0.3 is 0 Å². The second-order valence-electron chi connectivity index (χ2n) is 11.7. The zero-order chi connectivity index (χ0) is 29.9. The average Bonchev–Trinajstić information content (AvgIpc) is 3.79. The first kappa shape index (κ1) is 28.8. The van der Waals surface area contributed by atoms with Gasteiger partial charge in [-0.05, 0) is 73.1 Å². The van der Waals surface area contributed by atoms with Crippen molar-refractivity contribution < 1.29 is 19.1 Å². The maximum absolute atomic E-state index is 14.0. The summed E-state index contributed by atoms with van der Waals surface area (Å²) in [6.45, 7) is 1.22. The Bertz CT molecular complexity index is 1600. The third-order valence-electron chi connectivity index (χ3n) is 8.96. The lowest BCUT2D eigenvalue weighted by atomic mass is 9.94. The Kier molecular flexibility index (Phi) is 8.38. The summed E-state index contributed by atoms with van der Waals surface area (Å²) in [5, 5.41) is 11.7. The van der Waals surface area contributed by atoms with Gasteiger partial charge in [0.05, 0.1) is 31.8 Å². The molecule has 4 heterocycles. The number of nitrogens with zero attached hydrogens (tertiary/aromatic N) is 5. The molecule has 10 nitrogen and oxygen atoms in total. The molecule has 2 fully saturated rings. The number of carbonyl (C=O) groups is 2. The first-order valence-corrected chi connectivity index (χ1v) is 14.9. The van der Waals surface area contributed by atoms with Gasteiger partial charge in [-0.2, -0.15) is 0 Å². The third kappa shape index (κ3) is 6.10. The monoisotopic (exact) mass is 582 g/mol. The van der Waals surface area contributed by atoms with Gasteiger partial charge in [0.2, 0.25) is 5.91 Å². The van der Waals surface area contributed by atoms with Crippen LogP contribution in [0.1, 0.15) is 41.9 Å². The van der Waals surface area contributed by atoms with Crippen LogP contribution in [0.3, 0.4) is 0 Å². The van der Waals surface area contributed by atoms with E-state index in [1.54, 1.807) is 25.1 Å². The molecule has 43 heavy (non-hydrogen) atoms. The zero-order valence-corrected chi connectivity index (χ0v) is 24.9. The summed E-state index contributed by atoms with van der Waals surface area (Å²) in [6.07, 6.45) is 6.59. The highest BCUT2D eigenvalue weighted by Crippen LogP contribution is 2.35. The number of ether oxygens (including phenoxy) is 2. The molecule has 10 heteroatoms. The summed E-state index contributed by atoms with van der Waals surface area (Å²) in [6, 6.07) is 15.1. The van der Waals surface area contributed by atoms with Crippen molar-refractivity contribution in [1.82, 2.24) is 30.2 Å². The van der Waals surface area contributed by atoms with Crippen molar-refractivity contribution in [3.8, 4) is 11.5 Å². The fourth-order valence-electron chi connectivity index (χ4n) is 6.64. The number of nitrogens with one attached hydrogen (secondary N) is 1. The molecule has 2 aliphatic heterocycles. The summed E-state index contributed by atoms with van der Waals surface area (Å²) < 4.78 is 12.6. The van der Waals surface area contributed by atoms with Crippen LogP contribution in [0.4, 0.5) is 0 Å². The molecule has 2 aromatic heterocycles. The molecule has 0 radical (unpaired) electrons. The van der Waals surface area contributed by atoms with Crippen LogP contribution in [-0.2, 0) is 29.5 Å². The normalized spacial score (nSPS) is 21.8. The number of rotatable bonds is 10. The third-order valence-corrected chi connectivity index (χ3v) is 8.96. The van der Waals surface area contributed by atoms with E-state index in [-0.39, 0.29) is 29.6 Å². The number of hydrogen-bond donors (Lipinski definition) is 1. The maximum Gasteiger partial charge on any atom is 0.240 e. The first-order chi connectivity index (χ1) is 20.9. The Balaban J connectivity index is 1.17. The van der Waals surface area contributed by atoms with E-state index in [4.69, 9.17) is 9.47 Å². The van der Waals surface area contributed by atoms with E-state index in [2.05, 4.69) is 32.7 Å². The number of carbonyl (C=O) groups excluding carboxylic acids is 2. The summed E-state index contributed by atoms with van der Waals surface area (Å²) >= 11 is 0. The molecule has 0 bridgehead atoms. The molecule has 1 N–H and O–H groups in total. The number of ketones is 1. The molecule has 2 aliphatic rings. The lowest BCUT2D eigenvalue weighted by molar-refractivity contribution is -0.139. The highest BCUT2D eigenvalue weighted by molar-refractivity contribution is 5.92. The minimum absolute atomic E-state index is 0.00178. The topological polar surface area (TPSA) is 111 Å². The fourth-order valence-corrected chi connectivity index (χ4v) is 6.64. The van der Waals surface area contributed by atoms with Crippen LogP contribution in [0.5, 0.6) is 11.5 Å². The highest BCUT2D eigenvalue weighted by atomic mass is 16.5. The second kappa shape index (κ2) is 12.5. The van der Waals surface area contributed by atoms with Crippen molar-refractivity contribution in [2.75, 3.05) is 27.3 Å². The van der Waals surface area contributed by atoms with Crippen LogP contribution in [0, 0.1) is 5.92 Å². The van der Waals surface area contributed by atoms with E-state index < -0.39 is 6.04 Å². The molecule has 0 aliphatic carbocycles. The van der Waals surface area contributed by atoms with Crippen LogP contribution >= 0.6 is 0 Å². The molecule has 2 aromatic carbocycles. The van der Waals surface area contributed by atoms with Gasteiger partial charge in [0.15, 0.2) is 5.78 Å². The van der Waals surface area contributed by atoms with Crippen LogP contribution < -0.4 is 14.8 Å². The summed E-state index contributed by atoms with van der Waals surface area (Å²) in [5.74, 6) is 2.00. The van der Waals surface area contributed by atoms with Crippen LogP contribution in [-0.4, -0.2) is 76.0 Å². The van der Waals surface area contributed by atoms with Gasteiger partial charge in [-0.3, -0.25) is 14.6 Å². The summed E-state index contributed by atoms with van der Waals surface area (Å²) in [7, 11) is 5.17. The van der Waals surface area contributed by atoms with Gasteiger partial charge in [0.25, 0.3) is 0 Å². The standard InChI is InChI=1S/C33H38N6O4/c1-38-29-10-6-22(15-27(29)36-37-38)7-11-31(40)30-16-23(14-21-4-8-25(42-2)9-5-21)20-39(30)33(41)28-17-24(18-35-28)26-19-34-13-12-32(26)43-3/h4-6,8-10,12-13,15,19,23-24,28,30,35H,7,11,14,16-18,20H2,1-3H3/t23-,24?,28-,30+/m1/s1. The largest absolute Gasteiger partial charge is 0.497 e. The number of benzene rings is 2.